The highest BCUT2D eigenvalue weighted by atomic mass is 16.4. The highest BCUT2D eigenvalue weighted by molar-refractivity contribution is 5.89. The number of aryl methyl sites for hydroxylation is 1. The zero-order valence-corrected chi connectivity index (χ0v) is 14.7. The third-order valence-corrected chi connectivity index (χ3v) is 5.87. The molecular weight excluding hydrogens is 298 g/mol. The van der Waals surface area contributed by atoms with Crippen LogP contribution in [0.5, 0.6) is 0 Å². The average Bonchev–Trinajstić information content (AvgIpc) is 2.97. The predicted molar refractivity (Wildman–Crippen MR) is 98.7 cm³/mol. The molecule has 0 aliphatic heterocycles. The van der Waals surface area contributed by atoms with Crippen molar-refractivity contribution in [3.05, 3.63) is 47.7 Å². The summed E-state index contributed by atoms with van der Waals surface area (Å²) in [5.41, 5.74) is 4.74. The Hall–Kier alpha value is -2.03. The lowest BCUT2D eigenvalue weighted by Gasteiger charge is -2.38. The third kappa shape index (κ3) is 2.56. The number of nitrogens with one attached hydrogen (secondary N) is 1. The Kier molecular flexibility index (Phi) is 4.53. The second-order valence-electron chi connectivity index (χ2n) is 7.07. The van der Waals surface area contributed by atoms with Gasteiger partial charge in [0.05, 0.1) is 6.42 Å². The molecule has 1 aromatic heterocycles. The van der Waals surface area contributed by atoms with Crippen molar-refractivity contribution >= 4 is 16.9 Å². The second-order valence-corrected chi connectivity index (χ2v) is 7.07. The largest absolute Gasteiger partial charge is 0.481 e. The number of H-pyrrole nitrogens is 1. The fourth-order valence-electron chi connectivity index (χ4n) is 4.54. The molecule has 1 aromatic carbocycles. The van der Waals surface area contributed by atoms with Gasteiger partial charge in [0, 0.05) is 22.0 Å². The van der Waals surface area contributed by atoms with Gasteiger partial charge < -0.3 is 10.1 Å². The molecule has 0 bridgehead atoms. The minimum atomic E-state index is -0.709. The number of aliphatic carboxylic acids is 1. The highest BCUT2D eigenvalue weighted by Gasteiger charge is 2.42. The minimum Gasteiger partial charge on any atom is -0.481 e. The Morgan fingerprint density at radius 3 is 2.88 bits per heavy atom. The van der Waals surface area contributed by atoms with Gasteiger partial charge in [-0.05, 0) is 49.1 Å². The van der Waals surface area contributed by atoms with Gasteiger partial charge in [-0.25, -0.2) is 0 Å². The Labute approximate surface area is 143 Å². The fraction of sp³-hybridized carbons (Fsp3) is 0.476. The third-order valence-electron chi connectivity index (χ3n) is 5.87. The van der Waals surface area contributed by atoms with Crippen molar-refractivity contribution < 1.29 is 9.90 Å². The molecular formula is C21H27NO2. The number of benzene rings is 1. The number of allylic oxidation sites excluding steroid dienone is 1. The molecule has 0 amide bonds. The van der Waals surface area contributed by atoms with Crippen molar-refractivity contribution in [1.29, 1.82) is 0 Å². The van der Waals surface area contributed by atoms with E-state index in [-0.39, 0.29) is 11.8 Å². The Balaban J connectivity index is 2.28. The number of para-hydroxylation sites is 1. The number of rotatable bonds is 6. The topological polar surface area (TPSA) is 53.1 Å². The lowest BCUT2D eigenvalue weighted by Crippen LogP contribution is -2.34. The smallest absolute Gasteiger partial charge is 0.304 e. The Bertz CT molecular complexity index is 773. The molecule has 1 aliphatic rings. The van der Waals surface area contributed by atoms with Crippen LogP contribution in [-0.2, 0) is 16.6 Å². The first-order valence-corrected chi connectivity index (χ1v) is 9.03. The van der Waals surface area contributed by atoms with Gasteiger partial charge in [0.1, 0.15) is 0 Å². The molecule has 128 valence electrons. The zero-order valence-electron chi connectivity index (χ0n) is 14.7. The lowest BCUT2D eigenvalue weighted by molar-refractivity contribution is -0.138. The molecule has 0 fully saturated rings. The maximum Gasteiger partial charge on any atom is 0.304 e. The number of carbonyl (C=O) groups is 1. The van der Waals surface area contributed by atoms with Crippen LogP contribution in [-0.4, -0.2) is 16.1 Å². The molecule has 1 heterocycles. The normalized spacial score (nSPS) is 23.2. The van der Waals surface area contributed by atoms with Gasteiger partial charge in [0.2, 0.25) is 0 Å². The number of fused-ring (bicyclic) bond motifs is 3. The number of carboxylic acid groups (broad SMARTS) is 1. The molecule has 1 unspecified atom stereocenters. The molecule has 0 radical (unpaired) electrons. The SMILES string of the molecule is C=CCC1CC[C@](CC)(CC(=O)O)c2[nH]c3c(CC)cccc3c21. The van der Waals surface area contributed by atoms with E-state index >= 15 is 0 Å². The summed E-state index contributed by atoms with van der Waals surface area (Å²) in [5.74, 6) is -0.272. The van der Waals surface area contributed by atoms with Crippen molar-refractivity contribution in [3.8, 4) is 0 Å². The van der Waals surface area contributed by atoms with E-state index in [0.717, 1.165) is 32.1 Å². The first-order chi connectivity index (χ1) is 11.6. The predicted octanol–water partition coefficient (Wildman–Crippen LogP) is 5.31. The molecule has 2 aromatic rings. The van der Waals surface area contributed by atoms with Gasteiger partial charge in [-0.3, -0.25) is 4.79 Å². The van der Waals surface area contributed by atoms with Crippen LogP contribution in [0.1, 0.15) is 68.7 Å². The molecule has 24 heavy (non-hydrogen) atoms. The number of hydrogen-bond donors (Lipinski definition) is 2. The van der Waals surface area contributed by atoms with Crippen molar-refractivity contribution in [2.24, 2.45) is 0 Å². The second kappa shape index (κ2) is 6.46. The molecule has 3 nitrogen and oxygen atoms in total. The van der Waals surface area contributed by atoms with Crippen molar-refractivity contribution in [2.45, 2.75) is 63.7 Å². The lowest BCUT2D eigenvalue weighted by atomic mass is 9.65. The first kappa shape index (κ1) is 16.8. The maximum absolute atomic E-state index is 11.6. The fourth-order valence-corrected chi connectivity index (χ4v) is 4.54. The van der Waals surface area contributed by atoms with E-state index in [1.165, 1.54) is 27.7 Å². The summed E-state index contributed by atoms with van der Waals surface area (Å²) >= 11 is 0. The molecule has 0 saturated heterocycles. The van der Waals surface area contributed by atoms with Crippen LogP contribution >= 0.6 is 0 Å². The van der Waals surface area contributed by atoms with Gasteiger partial charge in [-0.2, -0.15) is 0 Å². The first-order valence-electron chi connectivity index (χ1n) is 9.03. The standard InChI is InChI=1S/C21H27NO2/c1-4-8-15-11-12-21(6-3,13-17(23)24)20-18(15)16-10-7-9-14(5-2)19(16)22-20/h4,7,9-10,15,22H,1,5-6,8,11-13H2,2-3H3,(H,23,24)/t15?,21-/m1/s1. The van der Waals surface area contributed by atoms with E-state index in [1.54, 1.807) is 0 Å². The van der Waals surface area contributed by atoms with Gasteiger partial charge in [0.15, 0.2) is 0 Å². The van der Waals surface area contributed by atoms with Crippen LogP contribution in [0.25, 0.3) is 10.9 Å². The van der Waals surface area contributed by atoms with Crippen LogP contribution in [0, 0.1) is 0 Å². The van der Waals surface area contributed by atoms with E-state index in [4.69, 9.17) is 0 Å². The monoisotopic (exact) mass is 325 g/mol. The molecule has 3 rings (SSSR count). The zero-order chi connectivity index (χ0) is 17.3. The van der Waals surface area contributed by atoms with Gasteiger partial charge >= 0.3 is 5.97 Å². The van der Waals surface area contributed by atoms with Crippen molar-refractivity contribution in [2.75, 3.05) is 0 Å². The molecule has 3 heteroatoms. The van der Waals surface area contributed by atoms with E-state index in [2.05, 4.69) is 43.6 Å². The molecule has 0 spiro atoms. The van der Waals surface area contributed by atoms with Gasteiger partial charge in [0.25, 0.3) is 0 Å². The molecule has 2 N–H and O–H groups in total. The number of carboxylic acids is 1. The molecule has 1 aliphatic carbocycles. The van der Waals surface area contributed by atoms with E-state index < -0.39 is 5.97 Å². The van der Waals surface area contributed by atoms with Gasteiger partial charge in [-0.15, -0.1) is 6.58 Å². The van der Waals surface area contributed by atoms with Crippen LogP contribution in [0.4, 0.5) is 0 Å². The highest BCUT2D eigenvalue weighted by Crippen LogP contribution is 2.50. The summed E-state index contributed by atoms with van der Waals surface area (Å²) < 4.78 is 0. The van der Waals surface area contributed by atoms with Crippen LogP contribution in [0.3, 0.4) is 0 Å². The van der Waals surface area contributed by atoms with E-state index in [1.807, 2.05) is 6.08 Å². The summed E-state index contributed by atoms with van der Waals surface area (Å²) in [6.07, 6.45) is 6.92. The minimum absolute atomic E-state index is 0.200. The molecule has 0 saturated carbocycles. The summed E-state index contributed by atoms with van der Waals surface area (Å²) in [6.45, 7) is 8.21. The summed E-state index contributed by atoms with van der Waals surface area (Å²) in [5, 5.41) is 10.8. The Morgan fingerprint density at radius 2 is 2.25 bits per heavy atom. The van der Waals surface area contributed by atoms with Gasteiger partial charge in [-0.1, -0.05) is 38.1 Å². The van der Waals surface area contributed by atoms with Crippen LogP contribution in [0.2, 0.25) is 0 Å². The molecule has 2 atom stereocenters. The summed E-state index contributed by atoms with van der Waals surface area (Å²) in [6, 6.07) is 6.48. The van der Waals surface area contributed by atoms with Crippen LogP contribution in [0.15, 0.2) is 30.9 Å². The van der Waals surface area contributed by atoms with E-state index in [9.17, 15) is 9.90 Å². The Morgan fingerprint density at radius 1 is 1.46 bits per heavy atom. The average molecular weight is 325 g/mol. The summed E-state index contributed by atoms with van der Waals surface area (Å²) in [4.78, 5) is 15.2. The number of aromatic amines is 1. The van der Waals surface area contributed by atoms with Crippen molar-refractivity contribution in [1.82, 2.24) is 4.98 Å². The quantitative estimate of drug-likeness (QED) is 0.707. The summed E-state index contributed by atoms with van der Waals surface area (Å²) in [7, 11) is 0. The van der Waals surface area contributed by atoms with Crippen LogP contribution < -0.4 is 0 Å². The van der Waals surface area contributed by atoms with Crippen molar-refractivity contribution in [3.63, 3.8) is 0 Å². The number of hydrogen-bond acceptors (Lipinski definition) is 1. The number of aromatic nitrogens is 1. The maximum atomic E-state index is 11.6. The van der Waals surface area contributed by atoms with E-state index in [0.29, 0.717) is 5.92 Å².